The van der Waals surface area contributed by atoms with Crippen LogP contribution < -0.4 is 0 Å². The maximum atomic E-state index is 13.4. The second-order valence-corrected chi connectivity index (χ2v) is 8.22. The van der Waals surface area contributed by atoms with Crippen LogP contribution in [0.15, 0.2) is 24.3 Å². The van der Waals surface area contributed by atoms with Gasteiger partial charge < -0.3 is 9.64 Å². The minimum Gasteiger partial charge on any atom is -0.381 e. The van der Waals surface area contributed by atoms with Gasteiger partial charge in [0.2, 0.25) is 0 Å². The Hall–Kier alpha value is -1.65. The molecule has 2 atom stereocenters. The highest BCUT2D eigenvalue weighted by atomic mass is 35.5. The summed E-state index contributed by atoms with van der Waals surface area (Å²) in [4.78, 5) is 20.0. The van der Waals surface area contributed by atoms with Crippen LogP contribution in [-0.2, 0) is 4.74 Å². The van der Waals surface area contributed by atoms with Gasteiger partial charge in [-0.3, -0.25) is 9.78 Å². The molecule has 1 aromatic heterocycles. The van der Waals surface area contributed by atoms with Crippen LogP contribution in [0.25, 0.3) is 10.9 Å². The highest BCUT2D eigenvalue weighted by Crippen LogP contribution is 2.46. The molecular formula is C21H25ClN2O2. The van der Waals surface area contributed by atoms with Gasteiger partial charge in [-0.15, -0.1) is 0 Å². The molecule has 1 aromatic carbocycles. The maximum Gasteiger partial charge on any atom is 0.254 e. The molecule has 2 aromatic rings. The lowest BCUT2D eigenvalue weighted by molar-refractivity contribution is -0.0295. The summed E-state index contributed by atoms with van der Waals surface area (Å²) in [5.74, 6) is 0.0867. The van der Waals surface area contributed by atoms with E-state index in [9.17, 15) is 4.79 Å². The van der Waals surface area contributed by atoms with Crippen molar-refractivity contribution in [2.75, 3.05) is 20.2 Å². The zero-order chi connectivity index (χ0) is 18.3. The van der Waals surface area contributed by atoms with Crippen LogP contribution in [0, 0.1) is 12.3 Å². The Kier molecular flexibility index (Phi) is 4.66. The molecule has 4 rings (SSSR count). The number of likely N-dealkylation sites (tertiary alicyclic amines) is 1. The number of halogens is 1. The fraction of sp³-hybridized carbons (Fsp3) is 0.524. The monoisotopic (exact) mass is 372 g/mol. The summed E-state index contributed by atoms with van der Waals surface area (Å²) in [6.45, 7) is 3.52. The SMILES string of the molecule is CO[C@@H]1CCC[C@@]12CCCN(C(=O)c1cc(C)nc3ccc(Cl)cc13)C2. The topological polar surface area (TPSA) is 42.4 Å². The van der Waals surface area contributed by atoms with Crippen LogP contribution >= 0.6 is 11.6 Å². The first-order valence-electron chi connectivity index (χ1n) is 9.41. The molecule has 2 heterocycles. The van der Waals surface area contributed by atoms with E-state index in [4.69, 9.17) is 16.3 Å². The van der Waals surface area contributed by atoms with E-state index in [1.54, 1.807) is 7.11 Å². The van der Waals surface area contributed by atoms with Crippen molar-refractivity contribution in [1.29, 1.82) is 0 Å². The van der Waals surface area contributed by atoms with Crippen LogP contribution in [0.5, 0.6) is 0 Å². The molecule has 1 saturated heterocycles. The van der Waals surface area contributed by atoms with Gasteiger partial charge in [-0.2, -0.15) is 0 Å². The quantitative estimate of drug-likeness (QED) is 0.772. The summed E-state index contributed by atoms with van der Waals surface area (Å²) >= 11 is 6.19. The number of hydrogen-bond donors (Lipinski definition) is 0. The number of hydrogen-bond acceptors (Lipinski definition) is 3. The highest BCUT2D eigenvalue weighted by Gasteiger charge is 2.46. The lowest BCUT2D eigenvalue weighted by Gasteiger charge is -2.43. The molecule has 2 aliphatic rings. The van der Waals surface area contributed by atoms with E-state index < -0.39 is 0 Å². The van der Waals surface area contributed by atoms with Crippen molar-refractivity contribution in [3.05, 3.63) is 40.5 Å². The number of nitrogens with zero attached hydrogens (tertiary/aromatic N) is 2. The second kappa shape index (κ2) is 6.82. The lowest BCUT2D eigenvalue weighted by Crippen LogP contribution is -2.49. The van der Waals surface area contributed by atoms with Crippen LogP contribution in [-0.4, -0.2) is 42.1 Å². The van der Waals surface area contributed by atoms with E-state index in [1.165, 1.54) is 6.42 Å². The number of methoxy groups -OCH3 is 1. The number of piperidine rings is 1. The van der Waals surface area contributed by atoms with Crippen molar-refractivity contribution in [2.45, 2.75) is 45.1 Å². The predicted octanol–water partition coefficient (Wildman–Crippen LogP) is 4.62. The van der Waals surface area contributed by atoms with E-state index in [2.05, 4.69) is 4.98 Å². The molecule has 1 aliphatic heterocycles. The van der Waals surface area contributed by atoms with Crippen LogP contribution in [0.4, 0.5) is 0 Å². The number of aromatic nitrogens is 1. The number of aryl methyl sites for hydroxylation is 1. The Balaban J connectivity index is 1.69. The smallest absolute Gasteiger partial charge is 0.254 e. The lowest BCUT2D eigenvalue weighted by atomic mass is 9.76. The number of amides is 1. The first kappa shape index (κ1) is 17.7. The Morgan fingerprint density at radius 3 is 2.92 bits per heavy atom. The van der Waals surface area contributed by atoms with Crippen molar-refractivity contribution >= 4 is 28.4 Å². The van der Waals surface area contributed by atoms with Gasteiger partial charge >= 0.3 is 0 Å². The van der Waals surface area contributed by atoms with Gasteiger partial charge in [0, 0.05) is 41.7 Å². The third-order valence-corrected chi connectivity index (χ3v) is 6.37. The number of pyridine rings is 1. The molecule has 4 nitrogen and oxygen atoms in total. The van der Waals surface area contributed by atoms with Crippen molar-refractivity contribution in [2.24, 2.45) is 5.41 Å². The molecule has 0 N–H and O–H groups in total. The van der Waals surface area contributed by atoms with E-state index in [-0.39, 0.29) is 17.4 Å². The molecule has 1 amide bonds. The number of ether oxygens (including phenoxy) is 1. The Bertz CT molecular complexity index is 853. The summed E-state index contributed by atoms with van der Waals surface area (Å²) in [7, 11) is 1.81. The molecule has 1 spiro atoms. The molecule has 0 bridgehead atoms. The summed E-state index contributed by atoms with van der Waals surface area (Å²) in [5, 5.41) is 1.46. The second-order valence-electron chi connectivity index (χ2n) is 7.78. The zero-order valence-corrected chi connectivity index (χ0v) is 16.2. The minimum absolute atomic E-state index is 0.0867. The molecule has 5 heteroatoms. The van der Waals surface area contributed by atoms with Gasteiger partial charge in [-0.05, 0) is 56.9 Å². The number of benzene rings is 1. The normalized spacial score (nSPS) is 26.0. The van der Waals surface area contributed by atoms with Crippen molar-refractivity contribution in [1.82, 2.24) is 9.88 Å². The molecule has 0 radical (unpaired) electrons. The van der Waals surface area contributed by atoms with Gasteiger partial charge in [0.25, 0.3) is 5.91 Å². The predicted molar refractivity (Wildman–Crippen MR) is 104 cm³/mol. The molecular weight excluding hydrogens is 348 g/mol. The zero-order valence-electron chi connectivity index (χ0n) is 15.4. The van der Waals surface area contributed by atoms with E-state index in [1.807, 2.05) is 36.1 Å². The number of fused-ring (bicyclic) bond motifs is 1. The van der Waals surface area contributed by atoms with Gasteiger partial charge in [0.05, 0.1) is 17.2 Å². The molecule has 0 unspecified atom stereocenters. The summed E-state index contributed by atoms with van der Waals surface area (Å²) < 4.78 is 5.78. The Morgan fingerprint density at radius 1 is 1.31 bits per heavy atom. The van der Waals surface area contributed by atoms with Gasteiger partial charge in [-0.25, -0.2) is 0 Å². The fourth-order valence-corrected chi connectivity index (χ4v) is 5.12. The minimum atomic E-state index is 0.0867. The summed E-state index contributed by atoms with van der Waals surface area (Å²) in [6, 6.07) is 7.45. The van der Waals surface area contributed by atoms with Crippen molar-refractivity contribution in [3.8, 4) is 0 Å². The largest absolute Gasteiger partial charge is 0.381 e. The molecule has 1 saturated carbocycles. The fourth-order valence-electron chi connectivity index (χ4n) is 4.95. The Morgan fingerprint density at radius 2 is 2.12 bits per heavy atom. The van der Waals surface area contributed by atoms with Crippen LogP contribution in [0.1, 0.15) is 48.2 Å². The molecule has 26 heavy (non-hydrogen) atoms. The van der Waals surface area contributed by atoms with Crippen LogP contribution in [0.3, 0.4) is 0 Å². The van der Waals surface area contributed by atoms with Crippen LogP contribution in [0.2, 0.25) is 5.02 Å². The molecule has 2 fully saturated rings. The molecule has 1 aliphatic carbocycles. The van der Waals surface area contributed by atoms with E-state index in [0.29, 0.717) is 10.6 Å². The van der Waals surface area contributed by atoms with Gasteiger partial charge in [0.15, 0.2) is 0 Å². The van der Waals surface area contributed by atoms with Gasteiger partial charge in [-0.1, -0.05) is 18.0 Å². The van der Waals surface area contributed by atoms with Crippen molar-refractivity contribution in [3.63, 3.8) is 0 Å². The first-order valence-corrected chi connectivity index (χ1v) is 9.79. The average molecular weight is 373 g/mol. The third-order valence-electron chi connectivity index (χ3n) is 6.13. The van der Waals surface area contributed by atoms with Gasteiger partial charge in [0.1, 0.15) is 0 Å². The number of rotatable bonds is 2. The van der Waals surface area contributed by atoms with Crippen molar-refractivity contribution < 1.29 is 9.53 Å². The van der Waals surface area contributed by atoms with E-state index >= 15 is 0 Å². The highest BCUT2D eigenvalue weighted by molar-refractivity contribution is 6.31. The maximum absolute atomic E-state index is 13.4. The molecule has 138 valence electrons. The average Bonchev–Trinajstić information content (AvgIpc) is 3.02. The van der Waals surface area contributed by atoms with E-state index in [0.717, 1.165) is 55.4 Å². The number of carbonyl (C=O) groups excluding carboxylic acids is 1. The Labute approximate surface area is 159 Å². The standard InChI is InChI=1S/C21H25ClN2O2/c1-14-11-17(16-12-15(22)6-7-18(16)23-14)20(25)24-10-4-9-21(13-24)8-3-5-19(21)26-2/h6-7,11-12,19H,3-5,8-10,13H2,1-2H3/t19-,21+/m1/s1. The summed E-state index contributed by atoms with van der Waals surface area (Å²) in [5.41, 5.74) is 2.50. The third kappa shape index (κ3) is 2.99. The summed E-state index contributed by atoms with van der Waals surface area (Å²) in [6.07, 6.45) is 5.89. The number of carbonyl (C=O) groups is 1. The first-order chi connectivity index (χ1) is 12.5.